The molecule has 0 radical (unpaired) electrons. The third kappa shape index (κ3) is 3.99. The largest absolute Gasteiger partial charge is 0.368 e. The predicted molar refractivity (Wildman–Crippen MR) is 112 cm³/mol. The number of anilines is 2. The van der Waals surface area contributed by atoms with Crippen molar-refractivity contribution < 1.29 is 8.42 Å². The molecule has 7 heteroatoms. The van der Waals surface area contributed by atoms with E-state index in [-0.39, 0.29) is 6.04 Å². The molecule has 1 saturated carbocycles. The molecule has 6 nitrogen and oxygen atoms in total. The van der Waals surface area contributed by atoms with Crippen LogP contribution in [0.1, 0.15) is 38.2 Å². The first-order chi connectivity index (χ1) is 13.3. The summed E-state index contributed by atoms with van der Waals surface area (Å²) in [7, 11) is -3.21. The second kappa shape index (κ2) is 7.35. The minimum Gasteiger partial charge on any atom is -0.368 e. The monoisotopic (exact) mass is 400 g/mol. The lowest BCUT2D eigenvalue weighted by Gasteiger charge is -2.44. The Hall–Kier alpha value is -2.15. The first-order valence-corrected chi connectivity index (χ1v) is 11.9. The van der Waals surface area contributed by atoms with Crippen LogP contribution in [0.2, 0.25) is 0 Å². The fourth-order valence-electron chi connectivity index (χ4n) is 3.88. The summed E-state index contributed by atoms with van der Waals surface area (Å²) in [6.45, 7) is 6.87. The van der Waals surface area contributed by atoms with Crippen LogP contribution in [0.3, 0.4) is 0 Å². The summed E-state index contributed by atoms with van der Waals surface area (Å²) >= 11 is 0. The van der Waals surface area contributed by atoms with Gasteiger partial charge in [-0.15, -0.1) is 0 Å². The highest BCUT2D eigenvalue weighted by atomic mass is 32.2. The average Bonchev–Trinajstić information content (AvgIpc) is 3.52. The van der Waals surface area contributed by atoms with E-state index in [1.165, 1.54) is 24.7 Å². The lowest BCUT2D eigenvalue weighted by molar-refractivity contribution is 0.413. The molecule has 1 saturated heterocycles. The number of sulfone groups is 1. The highest BCUT2D eigenvalue weighted by Crippen LogP contribution is 2.39. The van der Waals surface area contributed by atoms with Crippen LogP contribution >= 0.6 is 0 Å². The van der Waals surface area contributed by atoms with Crippen molar-refractivity contribution in [3.63, 3.8) is 0 Å². The van der Waals surface area contributed by atoms with Gasteiger partial charge in [-0.2, -0.15) is 0 Å². The van der Waals surface area contributed by atoms with E-state index in [0.29, 0.717) is 16.7 Å². The van der Waals surface area contributed by atoms with Gasteiger partial charge in [-0.3, -0.25) is 0 Å². The lowest BCUT2D eigenvalue weighted by atomic mass is 9.99. The molecule has 1 aliphatic heterocycles. The van der Waals surface area contributed by atoms with Crippen LogP contribution in [-0.4, -0.2) is 50.3 Å². The molecule has 0 amide bonds. The van der Waals surface area contributed by atoms with Crippen molar-refractivity contribution in [1.82, 2.24) is 9.97 Å². The maximum absolute atomic E-state index is 11.9. The second-order valence-electron chi connectivity index (χ2n) is 8.31. The number of nitrogens with zero attached hydrogens (tertiary/aromatic N) is 4. The minimum atomic E-state index is -3.21. The van der Waals surface area contributed by atoms with Crippen molar-refractivity contribution in [2.24, 2.45) is 5.92 Å². The Morgan fingerprint density at radius 1 is 1.11 bits per heavy atom. The number of aromatic nitrogens is 2. The number of piperazine rings is 1. The zero-order valence-electron chi connectivity index (χ0n) is 16.7. The van der Waals surface area contributed by atoms with E-state index in [0.717, 1.165) is 31.3 Å². The molecule has 0 N–H and O–H groups in total. The van der Waals surface area contributed by atoms with Gasteiger partial charge < -0.3 is 9.80 Å². The van der Waals surface area contributed by atoms with E-state index in [9.17, 15) is 8.42 Å². The van der Waals surface area contributed by atoms with Crippen LogP contribution in [0.15, 0.2) is 41.6 Å². The fourth-order valence-corrected chi connectivity index (χ4v) is 4.54. The maximum atomic E-state index is 11.9. The first kappa shape index (κ1) is 19.2. The molecule has 1 aromatic heterocycles. The second-order valence-corrected chi connectivity index (χ2v) is 10.3. The molecule has 2 aliphatic rings. The van der Waals surface area contributed by atoms with E-state index in [1.54, 1.807) is 12.1 Å². The van der Waals surface area contributed by atoms with Gasteiger partial charge in [0.2, 0.25) is 5.95 Å². The van der Waals surface area contributed by atoms with Gasteiger partial charge in [0.15, 0.2) is 9.84 Å². The van der Waals surface area contributed by atoms with Gasteiger partial charge in [-0.25, -0.2) is 18.4 Å². The zero-order valence-corrected chi connectivity index (χ0v) is 17.6. The number of hydrogen-bond acceptors (Lipinski definition) is 6. The maximum Gasteiger partial charge on any atom is 0.225 e. The number of hydrogen-bond donors (Lipinski definition) is 0. The molecule has 28 heavy (non-hydrogen) atoms. The summed E-state index contributed by atoms with van der Waals surface area (Å²) in [5.74, 6) is 1.88. The van der Waals surface area contributed by atoms with Gasteiger partial charge in [-0.1, -0.05) is 19.9 Å². The van der Waals surface area contributed by atoms with E-state index in [4.69, 9.17) is 0 Å². The molecular formula is C21H28N4O2S. The summed E-state index contributed by atoms with van der Waals surface area (Å²) in [5, 5.41) is 0. The molecule has 0 unspecified atom stereocenters. The summed E-state index contributed by atoms with van der Waals surface area (Å²) in [6, 6.07) is 7.51. The normalized spacial score (nSPS) is 20.6. The van der Waals surface area contributed by atoms with Gasteiger partial charge in [-0.05, 0) is 48.4 Å². The molecule has 1 atom stereocenters. The zero-order chi connectivity index (χ0) is 19.9. The third-order valence-corrected chi connectivity index (χ3v) is 6.87. The van der Waals surface area contributed by atoms with Crippen LogP contribution < -0.4 is 9.80 Å². The van der Waals surface area contributed by atoms with Crippen molar-refractivity contribution >= 4 is 21.5 Å². The number of rotatable bonds is 5. The van der Waals surface area contributed by atoms with E-state index < -0.39 is 9.84 Å². The first-order valence-electron chi connectivity index (χ1n) is 9.96. The summed E-state index contributed by atoms with van der Waals surface area (Å²) < 4.78 is 23.8. The summed E-state index contributed by atoms with van der Waals surface area (Å²) in [4.78, 5) is 14.3. The third-order valence-electron chi connectivity index (χ3n) is 5.76. The van der Waals surface area contributed by atoms with Gasteiger partial charge >= 0.3 is 0 Å². The Bertz CT molecular complexity index is 939. The van der Waals surface area contributed by atoms with Crippen LogP contribution in [0.4, 0.5) is 11.6 Å². The Labute approximate surface area is 167 Å². The summed E-state index contributed by atoms with van der Waals surface area (Å²) in [6.07, 6.45) is 7.73. The molecule has 1 aliphatic carbocycles. The molecule has 4 rings (SSSR count). The molecule has 150 valence electrons. The molecule has 1 aromatic carbocycles. The Balaban J connectivity index is 1.55. The predicted octanol–water partition coefficient (Wildman–Crippen LogP) is 3.11. The van der Waals surface area contributed by atoms with Gasteiger partial charge in [0, 0.05) is 44.0 Å². The van der Waals surface area contributed by atoms with Gasteiger partial charge in [0.1, 0.15) is 0 Å². The van der Waals surface area contributed by atoms with Crippen LogP contribution in [0.5, 0.6) is 0 Å². The van der Waals surface area contributed by atoms with Crippen molar-refractivity contribution in [3.05, 3.63) is 42.2 Å². The van der Waals surface area contributed by atoms with Gasteiger partial charge in [0.25, 0.3) is 0 Å². The smallest absolute Gasteiger partial charge is 0.225 e. The standard InChI is InChI=1S/C21H28N4O2S/c1-15(2)20-14-24(18-5-4-6-19(11-18)28(3,26)27)9-10-25(20)21-22-12-17(13-23-21)16-7-8-16/h4-6,11-13,15-16,20H,7-10,14H2,1-3H3/t20-/m0/s1. The van der Waals surface area contributed by atoms with Crippen molar-refractivity contribution in [1.29, 1.82) is 0 Å². The topological polar surface area (TPSA) is 66.4 Å². The minimum absolute atomic E-state index is 0.266. The van der Waals surface area contributed by atoms with Crippen LogP contribution in [0, 0.1) is 5.92 Å². The number of benzene rings is 1. The quantitative estimate of drug-likeness (QED) is 0.768. The van der Waals surface area contributed by atoms with Crippen molar-refractivity contribution in [2.75, 3.05) is 35.7 Å². The molecule has 0 spiro atoms. The van der Waals surface area contributed by atoms with E-state index >= 15 is 0 Å². The molecule has 2 fully saturated rings. The molecular weight excluding hydrogens is 372 g/mol. The van der Waals surface area contributed by atoms with Crippen molar-refractivity contribution in [3.8, 4) is 0 Å². The average molecular weight is 401 g/mol. The Morgan fingerprint density at radius 3 is 2.43 bits per heavy atom. The lowest BCUT2D eigenvalue weighted by Crippen LogP contribution is -2.56. The summed E-state index contributed by atoms with van der Waals surface area (Å²) in [5.41, 5.74) is 2.21. The Morgan fingerprint density at radius 2 is 1.82 bits per heavy atom. The highest BCUT2D eigenvalue weighted by Gasteiger charge is 2.32. The molecule has 2 heterocycles. The van der Waals surface area contributed by atoms with E-state index in [1.807, 2.05) is 24.5 Å². The molecule has 2 aromatic rings. The fraction of sp³-hybridized carbons (Fsp3) is 0.524. The molecule has 0 bridgehead atoms. The van der Waals surface area contributed by atoms with Crippen molar-refractivity contribution in [2.45, 2.75) is 43.5 Å². The SMILES string of the molecule is CC(C)[C@@H]1CN(c2cccc(S(C)(=O)=O)c2)CCN1c1ncc(C2CC2)cn1. The van der Waals surface area contributed by atoms with Crippen LogP contribution in [0.25, 0.3) is 0 Å². The van der Waals surface area contributed by atoms with Crippen LogP contribution in [-0.2, 0) is 9.84 Å². The highest BCUT2D eigenvalue weighted by molar-refractivity contribution is 7.90. The van der Waals surface area contributed by atoms with Gasteiger partial charge in [0.05, 0.1) is 10.9 Å². The van der Waals surface area contributed by atoms with E-state index in [2.05, 4.69) is 33.6 Å². The Kier molecular flexibility index (Phi) is 5.04.